The highest BCUT2D eigenvalue weighted by Crippen LogP contribution is 2.35. The predicted octanol–water partition coefficient (Wildman–Crippen LogP) is 2.99. The lowest BCUT2D eigenvalue weighted by molar-refractivity contribution is -0.140. The van der Waals surface area contributed by atoms with E-state index in [1.807, 2.05) is 37.8 Å². The van der Waals surface area contributed by atoms with Crippen LogP contribution in [0.1, 0.15) is 45.4 Å². The smallest absolute Gasteiger partial charge is 0.228 e. The van der Waals surface area contributed by atoms with Crippen LogP contribution in [-0.4, -0.2) is 17.4 Å². The van der Waals surface area contributed by atoms with Crippen LogP contribution in [0.3, 0.4) is 0 Å². The second-order valence-corrected chi connectivity index (χ2v) is 5.42. The Morgan fingerprint density at radius 1 is 1.50 bits per heavy atom. The highest BCUT2D eigenvalue weighted by atomic mass is 16.3. The van der Waals surface area contributed by atoms with Crippen LogP contribution in [0.2, 0.25) is 0 Å². The van der Waals surface area contributed by atoms with Gasteiger partial charge in [0.25, 0.3) is 0 Å². The van der Waals surface area contributed by atoms with Gasteiger partial charge in [0.15, 0.2) is 0 Å². The molecule has 1 aliphatic rings. The third-order valence-electron chi connectivity index (χ3n) is 3.03. The minimum absolute atomic E-state index is 0.140. The Balaban J connectivity index is 2.19. The van der Waals surface area contributed by atoms with Crippen LogP contribution in [-0.2, 0) is 4.79 Å². The minimum Gasteiger partial charge on any atom is -0.467 e. The zero-order valence-corrected chi connectivity index (χ0v) is 10.2. The van der Waals surface area contributed by atoms with Crippen molar-refractivity contribution in [1.29, 1.82) is 0 Å². The molecule has 1 fully saturated rings. The first-order chi connectivity index (χ1) is 7.50. The molecule has 1 unspecified atom stereocenters. The van der Waals surface area contributed by atoms with Crippen LogP contribution < -0.4 is 0 Å². The van der Waals surface area contributed by atoms with Crippen LogP contribution in [0.15, 0.2) is 22.8 Å². The summed E-state index contributed by atoms with van der Waals surface area (Å²) in [6, 6.07) is 3.98. The summed E-state index contributed by atoms with van der Waals surface area (Å²) in [5, 5.41) is 0. The van der Waals surface area contributed by atoms with Gasteiger partial charge in [0.1, 0.15) is 5.76 Å². The standard InChI is InChI=1S/C13H19NO2/c1-13(2,3)12(15)14-8-4-6-10(14)11-7-5-9-16-11/h5,7,9-10H,4,6,8H2,1-3H3. The highest BCUT2D eigenvalue weighted by molar-refractivity contribution is 5.82. The molecule has 1 amide bonds. The second-order valence-electron chi connectivity index (χ2n) is 5.42. The predicted molar refractivity (Wildman–Crippen MR) is 61.9 cm³/mol. The molecule has 16 heavy (non-hydrogen) atoms. The maximum Gasteiger partial charge on any atom is 0.228 e. The first kappa shape index (κ1) is 11.2. The van der Waals surface area contributed by atoms with Gasteiger partial charge in [0.05, 0.1) is 12.3 Å². The van der Waals surface area contributed by atoms with Gasteiger partial charge in [-0.1, -0.05) is 20.8 Å². The average Bonchev–Trinajstić information content (AvgIpc) is 2.85. The van der Waals surface area contributed by atoms with Gasteiger partial charge in [-0.15, -0.1) is 0 Å². The lowest BCUT2D eigenvalue weighted by Crippen LogP contribution is -2.38. The Morgan fingerprint density at radius 2 is 2.25 bits per heavy atom. The van der Waals surface area contributed by atoms with Crippen molar-refractivity contribution in [3.05, 3.63) is 24.2 Å². The Hall–Kier alpha value is -1.25. The van der Waals surface area contributed by atoms with E-state index in [9.17, 15) is 4.79 Å². The molecule has 1 atom stereocenters. The van der Waals surface area contributed by atoms with Crippen molar-refractivity contribution in [2.24, 2.45) is 5.41 Å². The molecule has 88 valence electrons. The Bertz CT molecular complexity index is 362. The summed E-state index contributed by atoms with van der Waals surface area (Å²) in [5.74, 6) is 1.13. The van der Waals surface area contributed by atoms with Crippen molar-refractivity contribution < 1.29 is 9.21 Å². The molecular formula is C13H19NO2. The van der Waals surface area contributed by atoms with Gasteiger partial charge in [0, 0.05) is 12.0 Å². The van der Waals surface area contributed by atoms with Crippen molar-refractivity contribution in [2.75, 3.05) is 6.54 Å². The quantitative estimate of drug-likeness (QED) is 0.730. The largest absolute Gasteiger partial charge is 0.467 e. The molecule has 1 aliphatic heterocycles. The number of carbonyl (C=O) groups is 1. The molecule has 1 aromatic rings. The summed E-state index contributed by atoms with van der Waals surface area (Å²) in [7, 11) is 0. The molecule has 0 saturated carbocycles. The molecule has 0 N–H and O–H groups in total. The zero-order valence-electron chi connectivity index (χ0n) is 10.2. The lowest BCUT2D eigenvalue weighted by atomic mass is 9.94. The molecule has 0 aliphatic carbocycles. The fourth-order valence-electron chi connectivity index (χ4n) is 2.22. The van der Waals surface area contributed by atoms with Crippen molar-refractivity contribution in [3.63, 3.8) is 0 Å². The topological polar surface area (TPSA) is 33.5 Å². The molecule has 2 rings (SSSR count). The number of furan rings is 1. The van der Waals surface area contributed by atoms with Crippen LogP contribution in [0.25, 0.3) is 0 Å². The number of rotatable bonds is 1. The Morgan fingerprint density at radius 3 is 2.81 bits per heavy atom. The van der Waals surface area contributed by atoms with Gasteiger partial charge in [-0.2, -0.15) is 0 Å². The molecule has 1 aromatic heterocycles. The highest BCUT2D eigenvalue weighted by Gasteiger charge is 2.36. The van der Waals surface area contributed by atoms with Gasteiger partial charge in [-0.25, -0.2) is 0 Å². The molecule has 3 heteroatoms. The van der Waals surface area contributed by atoms with Gasteiger partial charge < -0.3 is 9.32 Å². The van der Waals surface area contributed by atoms with E-state index in [0.29, 0.717) is 0 Å². The Kier molecular flexibility index (Phi) is 2.78. The maximum absolute atomic E-state index is 12.3. The molecule has 2 heterocycles. The molecule has 3 nitrogen and oxygen atoms in total. The summed E-state index contributed by atoms with van der Waals surface area (Å²) in [6.07, 6.45) is 3.75. The van der Waals surface area contributed by atoms with Crippen molar-refractivity contribution in [1.82, 2.24) is 4.90 Å². The SMILES string of the molecule is CC(C)(C)C(=O)N1CCCC1c1ccco1. The fraction of sp³-hybridized carbons (Fsp3) is 0.615. The zero-order chi connectivity index (χ0) is 11.8. The molecule has 0 radical (unpaired) electrons. The van der Waals surface area contributed by atoms with E-state index in [1.54, 1.807) is 6.26 Å². The van der Waals surface area contributed by atoms with E-state index in [4.69, 9.17) is 4.42 Å². The molecular weight excluding hydrogens is 202 g/mol. The van der Waals surface area contributed by atoms with Crippen molar-refractivity contribution in [2.45, 2.75) is 39.7 Å². The summed E-state index contributed by atoms with van der Waals surface area (Å²) in [6.45, 7) is 6.74. The van der Waals surface area contributed by atoms with E-state index >= 15 is 0 Å². The first-order valence-corrected chi connectivity index (χ1v) is 5.84. The van der Waals surface area contributed by atoms with Crippen LogP contribution >= 0.6 is 0 Å². The normalized spacial score (nSPS) is 21.4. The minimum atomic E-state index is -0.310. The second kappa shape index (κ2) is 3.96. The van der Waals surface area contributed by atoms with E-state index in [1.165, 1.54) is 0 Å². The monoisotopic (exact) mass is 221 g/mol. The fourth-order valence-corrected chi connectivity index (χ4v) is 2.22. The number of hydrogen-bond acceptors (Lipinski definition) is 2. The number of likely N-dealkylation sites (tertiary alicyclic amines) is 1. The van der Waals surface area contributed by atoms with Crippen LogP contribution in [0.4, 0.5) is 0 Å². The van der Waals surface area contributed by atoms with E-state index < -0.39 is 0 Å². The Labute approximate surface area is 96.4 Å². The van der Waals surface area contributed by atoms with Crippen molar-refractivity contribution >= 4 is 5.91 Å². The number of hydrogen-bond donors (Lipinski definition) is 0. The van der Waals surface area contributed by atoms with Crippen LogP contribution in [0.5, 0.6) is 0 Å². The lowest BCUT2D eigenvalue weighted by Gasteiger charge is -2.29. The number of carbonyl (C=O) groups excluding carboxylic acids is 1. The van der Waals surface area contributed by atoms with E-state index in [0.717, 1.165) is 25.1 Å². The third kappa shape index (κ3) is 1.99. The van der Waals surface area contributed by atoms with Crippen molar-refractivity contribution in [3.8, 4) is 0 Å². The van der Waals surface area contributed by atoms with E-state index in [2.05, 4.69) is 0 Å². The molecule has 1 saturated heterocycles. The summed E-state index contributed by atoms with van der Waals surface area (Å²) >= 11 is 0. The molecule has 0 bridgehead atoms. The third-order valence-corrected chi connectivity index (χ3v) is 3.03. The van der Waals surface area contributed by atoms with E-state index in [-0.39, 0.29) is 17.4 Å². The van der Waals surface area contributed by atoms with Gasteiger partial charge in [-0.05, 0) is 25.0 Å². The molecule has 0 aromatic carbocycles. The summed E-state index contributed by atoms with van der Waals surface area (Å²) in [5.41, 5.74) is -0.310. The average molecular weight is 221 g/mol. The summed E-state index contributed by atoms with van der Waals surface area (Å²) < 4.78 is 5.42. The molecule has 0 spiro atoms. The summed E-state index contributed by atoms with van der Waals surface area (Å²) in [4.78, 5) is 14.2. The number of nitrogens with zero attached hydrogens (tertiary/aromatic N) is 1. The van der Waals surface area contributed by atoms with Gasteiger partial charge in [0.2, 0.25) is 5.91 Å². The van der Waals surface area contributed by atoms with Gasteiger partial charge in [-0.3, -0.25) is 4.79 Å². The van der Waals surface area contributed by atoms with Gasteiger partial charge >= 0.3 is 0 Å². The van der Waals surface area contributed by atoms with Crippen LogP contribution in [0, 0.1) is 5.41 Å². The first-order valence-electron chi connectivity index (χ1n) is 5.84. The number of amides is 1. The maximum atomic E-state index is 12.3.